The molecule has 5 heteroatoms. The zero-order valence-electron chi connectivity index (χ0n) is 10.5. The van der Waals surface area contributed by atoms with Crippen LogP contribution in [-0.2, 0) is 9.59 Å². The molecule has 0 radical (unpaired) electrons. The van der Waals surface area contributed by atoms with Crippen LogP contribution in [0.15, 0.2) is 0 Å². The molecule has 0 spiro atoms. The van der Waals surface area contributed by atoms with Crippen molar-refractivity contribution in [2.45, 2.75) is 51.2 Å². The SMILES string of the molecule is CC(C)C[C@H]1NC(=O)[C@@H]2C[C@@H](N)CCN2C1=O. The molecule has 2 heterocycles. The summed E-state index contributed by atoms with van der Waals surface area (Å²) in [5.74, 6) is 0.424. The van der Waals surface area contributed by atoms with Gasteiger partial charge in [-0.2, -0.15) is 0 Å². The molecule has 3 N–H and O–H groups in total. The molecule has 0 unspecified atom stereocenters. The van der Waals surface area contributed by atoms with Crippen LogP contribution in [0, 0.1) is 5.92 Å². The molecule has 2 aliphatic rings. The summed E-state index contributed by atoms with van der Waals surface area (Å²) in [6, 6.07) is -0.640. The number of hydrogen-bond acceptors (Lipinski definition) is 3. The Morgan fingerprint density at radius 1 is 1.47 bits per heavy atom. The van der Waals surface area contributed by atoms with E-state index in [1.807, 2.05) is 0 Å². The number of piperazine rings is 1. The molecule has 96 valence electrons. The number of nitrogens with two attached hydrogens (primary N) is 1. The first-order valence-corrected chi connectivity index (χ1v) is 6.35. The Morgan fingerprint density at radius 2 is 2.18 bits per heavy atom. The van der Waals surface area contributed by atoms with Crippen LogP contribution in [0.3, 0.4) is 0 Å². The predicted molar refractivity (Wildman–Crippen MR) is 64.1 cm³/mol. The minimum atomic E-state index is -0.340. The number of amides is 2. The van der Waals surface area contributed by atoms with Gasteiger partial charge in [0.2, 0.25) is 11.8 Å². The smallest absolute Gasteiger partial charge is 0.245 e. The van der Waals surface area contributed by atoms with Crippen molar-refractivity contribution in [2.75, 3.05) is 6.54 Å². The van der Waals surface area contributed by atoms with E-state index >= 15 is 0 Å². The molecule has 2 fully saturated rings. The zero-order chi connectivity index (χ0) is 12.6. The zero-order valence-corrected chi connectivity index (χ0v) is 10.5. The van der Waals surface area contributed by atoms with Crippen LogP contribution < -0.4 is 11.1 Å². The summed E-state index contributed by atoms with van der Waals surface area (Å²) in [5.41, 5.74) is 5.85. The Kier molecular flexibility index (Phi) is 3.38. The quantitative estimate of drug-likeness (QED) is 0.703. The maximum atomic E-state index is 12.2. The van der Waals surface area contributed by atoms with Crippen LogP contribution in [0.1, 0.15) is 33.1 Å². The molecule has 2 saturated heterocycles. The van der Waals surface area contributed by atoms with E-state index < -0.39 is 0 Å². The van der Waals surface area contributed by atoms with Gasteiger partial charge in [-0.25, -0.2) is 0 Å². The van der Waals surface area contributed by atoms with Gasteiger partial charge >= 0.3 is 0 Å². The van der Waals surface area contributed by atoms with E-state index in [2.05, 4.69) is 19.2 Å². The highest BCUT2D eigenvalue weighted by Gasteiger charge is 2.42. The second-order valence-corrected chi connectivity index (χ2v) is 5.52. The van der Waals surface area contributed by atoms with E-state index in [-0.39, 0.29) is 29.9 Å². The van der Waals surface area contributed by atoms with Gasteiger partial charge in [0.1, 0.15) is 12.1 Å². The van der Waals surface area contributed by atoms with Gasteiger partial charge in [0.25, 0.3) is 0 Å². The number of hydrogen-bond donors (Lipinski definition) is 2. The summed E-state index contributed by atoms with van der Waals surface area (Å²) in [6.07, 6.45) is 2.09. The number of piperidine rings is 1. The third kappa shape index (κ3) is 2.44. The summed E-state index contributed by atoms with van der Waals surface area (Å²) < 4.78 is 0. The summed E-state index contributed by atoms with van der Waals surface area (Å²) in [4.78, 5) is 25.9. The molecule has 5 nitrogen and oxygen atoms in total. The van der Waals surface area contributed by atoms with E-state index in [0.29, 0.717) is 25.3 Å². The van der Waals surface area contributed by atoms with Gasteiger partial charge in [-0.3, -0.25) is 9.59 Å². The first-order chi connectivity index (χ1) is 7.99. The molecule has 2 amide bonds. The molecule has 2 rings (SSSR count). The molecular formula is C12H21N3O2. The van der Waals surface area contributed by atoms with Crippen LogP contribution in [-0.4, -0.2) is 41.4 Å². The highest BCUT2D eigenvalue weighted by atomic mass is 16.2. The van der Waals surface area contributed by atoms with Gasteiger partial charge in [-0.1, -0.05) is 13.8 Å². The number of nitrogens with zero attached hydrogens (tertiary/aromatic N) is 1. The highest BCUT2D eigenvalue weighted by molar-refractivity contribution is 5.97. The molecule has 0 aromatic carbocycles. The second kappa shape index (κ2) is 4.64. The largest absolute Gasteiger partial charge is 0.342 e. The summed E-state index contributed by atoms with van der Waals surface area (Å²) in [7, 11) is 0. The van der Waals surface area contributed by atoms with Crippen LogP contribution in [0.2, 0.25) is 0 Å². The number of carbonyl (C=O) groups excluding carboxylic acids is 2. The van der Waals surface area contributed by atoms with E-state index in [4.69, 9.17) is 5.73 Å². The van der Waals surface area contributed by atoms with Crippen molar-refractivity contribution in [3.63, 3.8) is 0 Å². The Bertz CT molecular complexity index is 330. The van der Waals surface area contributed by atoms with E-state index in [0.717, 1.165) is 6.42 Å². The highest BCUT2D eigenvalue weighted by Crippen LogP contribution is 2.23. The number of nitrogens with one attached hydrogen (secondary N) is 1. The van der Waals surface area contributed by atoms with Gasteiger partial charge in [0.05, 0.1) is 0 Å². The monoisotopic (exact) mass is 239 g/mol. The minimum Gasteiger partial charge on any atom is -0.342 e. The molecule has 0 aromatic heterocycles. The Hall–Kier alpha value is -1.10. The molecule has 2 aliphatic heterocycles. The summed E-state index contributed by atoms with van der Waals surface area (Å²) in [5, 5.41) is 2.83. The van der Waals surface area contributed by atoms with Crippen molar-refractivity contribution in [3.8, 4) is 0 Å². The third-order valence-electron chi connectivity index (χ3n) is 3.55. The normalized spacial score (nSPS) is 33.6. The van der Waals surface area contributed by atoms with Crippen molar-refractivity contribution in [3.05, 3.63) is 0 Å². The molecule has 0 aliphatic carbocycles. The van der Waals surface area contributed by atoms with Gasteiger partial charge in [-0.05, 0) is 25.2 Å². The molecular weight excluding hydrogens is 218 g/mol. The molecule has 3 atom stereocenters. The van der Waals surface area contributed by atoms with Crippen molar-refractivity contribution < 1.29 is 9.59 Å². The van der Waals surface area contributed by atoms with Crippen LogP contribution >= 0.6 is 0 Å². The van der Waals surface area contributed by atoms with Crippen molar-refractivity contribution in [1.29, 1.82) is 0 Å². The van der Waals surface area contributed by atoms with Gasteiger partial charge in [0.15, 0.2) is 0 Å². The topological polar surface area (TPSA) is 75.4 Å². The predicted octanol–water partition coefficient (Wildman–Crippen LogP) is -0.151. The van der Waals surface area contributed by atoms with E-state index in [1.54, 1.807) is 4.90 Å². The number of fused-ring (bicyclic) bond motifs is 1. The first-order valence-electron chi connectivity index (χ1n) is 6.35. The Balaban J connectivity index is 2.10. The second-order valence-electron chi connectivity index (χ2n) is 5.52. The maximum absolute atomic E-state index is 12.2. The van der Waals surface area contributed by atoms with Crippen molar-refractivity contribution >= 4 is 11.8 Å². The molecule has 17 heavy (non-hydrogen) atoms. The lowest BCUT2D eigenvalue weighted by atomic mass is 9.91. The van der Waals surface area contributed by atoms with Gasteiger partial charge in [-0.15, -0.1) is 0 Å². The van der Waals surface area contributed by atoms with Crippen LogP contribution in [0.4, 0.5) is 0 Å². The van der Waals surface area contributed by atoms with Crippen molar-refractivity contribution in [2.24, 2.45) is 11.7 Å². The standard InChI is InChI=1S/C12H21N3O2/c1-7(2)5-9-12(17)15-4-3-8(13)6-10(15)11(16)14-9/h7-10H,3-6,13H2,1-2H3,(H,14,16)/t8-,9+,10-/m0/s1. The summed E-state index contributed by atoms with van der Waals surface area (Å²) >= 11 is 0. The lowest BCUT2D eigenvalue weighted by Gasteiger charge is -2.43. The fourth-order valence-corrected chi connectivity index (χ4v) is 2.67. The average Bonchev–Trinajstić information content (AvgIpc) is 2.25. The Morgan fingerprint density at radius 3 is 2.82 bits per heavy atom. The van der Waals surface area contributed by atoms with Crippen LogP contribution in [0.5, 0.6) is 0 Å². The minimum absolute atomic E-state index is 0.0367. The summed E-state index contributed by atoms with van der Waals surface area (Å²) in [6.45, 7) is 4.72. The van der Waals surface area contributed by atoms with E-state index in [9.17, 15) is 9.59 Å². The van der Waals surface area contributed by atoms with Crippen molar-refractivity contribution in [1.82, 2.24) is 10.2 Å². The van der Waals surface area contributed by atoms with Gasteiger partial charge in [0, 0.05) is 12.6 Å². The first kappa shape index (κ1) is 12.4. The maximum Gasteiger partial charge on any atom is 0.245 e. The van der Waals surface area contributed by atoms with E-state index in [1.165, 1.54) is 0 Å². The lowest BCUT2D eigenvalue weighted by Crippen LogP contribution is -2.66. The fourth-order valence-electron chi connectivity index (χ4n) is 2.67. The average molecular weight is 239 g/mol. The van der Waals surface area contributed by atoms with Crippen LogP contribution in [0.25, 0.3) is 0 Å². The Labute approximate surface area is 102 Å². The molecule has 0 aromatic rings. The fraction of sp³-hybridized carbons (Fsp3) is 0.833. The van der Waals surface area contributed by atoms with Gasteiger partial charge < -0.3 is 16.0 Å². The molecule has 0 bridgehead atoms. The molecule has 0 saturated carbocycles. The number of carbonyl (C=O) groups is 2. The third-order valence-corrected chi connectivity index (χ3v) is 3.55. The lowest BCUT2D eigenvalue weighted by molar-refractivity contribution is -0.151. The number of rotatable bonds is 2.